The van der Waals surface area contributed by atoms with E-state index in [0.29, 0.717) is 6.42 Å². The Morgan fingerprint density at radius 3 is 2.32 bits per heavy atom. The van der Waals surface area contributed by atoms with Crippen LogP contribution in [0, 0.1) is 0 Å². The monoisotopic (exact) mass is 268 g/mol. The molecule has 1 rings (SSSR count). The van der Waals surface area contributed by atoms with Gasteiger partial charge in [-0.15, -0.1) is 0 Å². The van der Waals surface area contributed by atoms with Crippen LogP contribution in [0.4, 0.5) is 0 Å². The molecule has 0 aliphatic carbocycles. The van der Waals surface area contributed by atoms with Crippen LogP contribution in [0.1, 0.15) is 65.7 Å². The molecule has 0 spiro atoms. The van der Waals surface area contributed by atoms with Crippen LogP contribution < -0.4 is 5.32 Å². The molecule has 2 atom stereocenters. The number of rotatable bonds is 8. The normalized spacial score (nSPS) is 23.6. The molecule has 1 saturated heterocycles. The molecule has 1 aliphatic rings. The molecule has 1 aliphatic heterocycles. The SMILES string of the molecule is CCCCCCCCN1C(=O)C(CC)NC(=O)C1C. The minimum atomic E-state index is -0.316. The van der Waals surface area contributed by atoms with Gasteiger partial charge in [0, 0.05) is 6.54 Å². The van der Waals surface area contributed by atoms with Gasteiger partial charge in [-0.3, -0.25) is 9.59 Å². The Balaban J connectivity index is 2.36. The summed E-state index contributed by atoms with van der Waals surface area (Å²) >= 11 is 0. The molecule has 19 heavy (non-hydrogen) atoms. The van der Waals surface area contributed by atoms with Crippen molar-refractivity contribution in [2.24, 2.45) is 0 Å². The maximum Gasteiger partial charge on any atom is 0.245 e. The predicted molar refractivity (Wildman–Crippen MR) is 76.8 cm³/mol. The zero-order valence-corrected chi connectivity index (χ0v) is 12.6. The first kappa shape index (κ1) is 16.0. The van der Waals surface area contributed by atoms with Gasteiger partial charge in [0.2, 0.25) is 11.8 Å². The molecule has 0 radical (unpaired) electrons. The number of nitrogens with one attached hydrogen (secondary N) is 1. The highest BCUT2D eigenvalue weighted by Crippen LogP contribution is 2.14. The Morgan fingerprint density at radius 1 is 1.05 bits per heavy atom. The van der Waals surface area contributed by atoms with Crippen LogP contribution in [-0.4, -0.2) is 35.3 Å². The van der Waals surface area contributed by atoms with Crippen LogP contribution in [0.5, 0.6) is 0 Å². The number of unbranched alkanes of at least 4 members (excludes halogenated alkanes) is 5. The highest BCUT2D eigenvalue weighted by atomic mass is 16.2. The van der Waals surface area contributed by atoms with Crippen molar-refractivity contribution in [1.29, 1.82) is 0 Å². The summed E-state index contributed by atoms with van der Waals surface area (Å²) < 4.78 is 0. The second-order valence-electron chi connectivity index (χ2n) is 5.44. The molecular formula is C15H28N2O2. The highest BCUT2D eigenvalue weighted by Gasteiger charge is 2.36. The van der Waals surface area contributed by atoms with Crippen LogP contribution in [0.15, 0.2) is 0 Å². The second kappa shape index (κ2) is 8.18. The van der Waals surface area contributed by atoms with Gasteiger partial charge in [0.15, 0.2) is 0 Å². The van der Waals surface area contributed by atoms with Crippen LogP contribution in [0.25, 0.3) is 0 Å². The van der Waals surface area contributed by atoms with E-state index >= 15 is 0 Å². The Morgan fingerprint density at radius 2 is 1.68 bits per heavy atom. The highest BCUT2D eigenvalue weighted by molar-refractivity contribution is 5.96. The first-order valence-corrected chi connectivity index (χ1v) is 7.72. The van der Waals surface area contributed by atoms with Gasteiger partial charge < -0.3 is 10.2 Å². The van der Waals surface area contributed by atoms with E-state index in [0.717, 1.165) is 19.4 Å². The Kier molecular flexibility index (Phi) is 6.89. The molecular weight excluding hydrogens is 240 g/mol. The summed E-state index contributed by atoms with van der Waals surface area (Å²) in [4.78, 5) is 25.7. The molecule has 0 aromatic heterocycles. The van der Waals surface area contributed by atoms with Crippen LogP contribution in [0.3, 0.4) is 0 Å². The molecule has 2 unspecified atom stereocenters. The summed E-state index contributed by atoms with van der Waals surface area (Å²) in [6.07, 6.45) is 7.87. The zero-order chi connectivity index (χ0) is 14.3. The van der Waals surface area contributed by atoms with Crippen molar-refractivity contribution in [1.82, 2.24) is 10.2 Å². The number of carbonyl (C=O) groups excluding carboxylic acids is 2. The van der Waals surface area contributed by atoms with Gasteiger partial charge in [-0.05, 0) is 19.8 Å². The summed E-state index contributed by atoms with van der Waals surface area (Å²) in [6.45, 7) is 6.67. The zero-order valence-electron chi connectivity index (χ0n) is 12.6. The molecule has 0 aromatic rings. The van der Waals surface area contributed by atoms with Crippen LogP contribution in [0.2, 0.25) is 0 Å². The minimum absolute atomic E-state index is 0.0163. The molecule has 4 nitrogen and oxygen atoms in total. The average Bonchev–Trinajstić information content (AvgIpc) is 2.41. The van der Waals surface area contributed by atoms with E-state index in [4.69, 9.17) is 0 Å². The molecule has 2 amide bonds. The van der Waals surface area contributed by atoms with Crippen LogP contribution in [-0.2, 0) is 9.59 Å². The van der Waals surface area contributed by atoms with E-state index in [1.165, 1.54) is 25.7 Å². The summed E-state index contributed by atoms with van der Waals surface area (Å²) in [7, 11) is 0. The lowest BCUT2D eigenvalue weighted by Crippen LogP contribution is -2.62. The fourth-order valence-corrected chi connectivity index (χ4v) is 2.53. The number of hydrogen-bond acceptors (Lipinski definition) is 2. The van der Waals surface area contributed by atoms with Gasteiger partial charge in [-0.2, -0.15) is 0 Å². The third-order valence-corrected chi connectivity index (χ3v) is 3.91. The Bertz CT molecular complexity index is 305. The first-order valence-electron chi connectivity index (χ1n) is 7.72. The maximum atomic E-state index is 12.2. The summed E-state index contributed by atoms with van der Waals surface area (Å²) in [5.41, 5.74) is 0. The number of piperazine rings is 1. The lowest BCUT2D eigenvalue weighted by Gasteiger charge is -2.37. The predicted octanol–water partition coefficient (Wildman–Crippen LogP) is 2.47. The molecule has 4 heteroatoms. The van der Waals surface area contributed by atoms with Gasteiger partial charge in [0.1, 0.15) is 12.1 Å². The van der Waals surface area contributed by atoms with E-state index < -0.39 is 0 Å². The van der Waals surface area contributed by atoms with Crippen molar-refractivity contribution >= 4 is 11.8 Å². The lowest BCUT2D eigenvalue weighted by molar-refractivity contribution is -0.148. The minimum Gasteiger partial charge on any atom is -0.343 e. The maximum absolute atomic E-state index is 12.2. The quantitative estimate of drug-likeness (QED) is 0.688. The number of amides is 2. The van der Waals surface area contributed by atoms with Gasteiger partial charge in [-0.1, -0.05) is 46.0 Å². The molecule has 0 bridgehead atoms. The lowest BCUT2D eigenvalue weighted by atomic mass is 10.0. The Hall–Kier alpha value is -1.06. The average molecular weight is 268 g/mol. The van der Waals surface area contributed by atoms with Crippen molar-refractivity contribution in [3.05, 3.63) is 0 Å². The van der Waals surface area contributed by atoms with Gasteiger partial charge in [-0.25, -0.2) is 0 Å². The summed E-state index contributed by atoms with van der Waals surface area (Å²) in [6, 6.07) is -0.630. The summed E-state index contributed by atoms with van der Waals surface area (Å²) in [5, 5.41) is 2.78. The van der Waals surface area contributed by atoms with Crippen molar-refractivity contribution < 1.29 is 9.59 Å². The van der Waals surface area contributed by atoms with E-state index in [2.05, 4.69) is 12.2 Å². The third kappa shape index (κ3) is 4.51. The van der Waals surface area contributed by atoms with Crippen molar-refractivity contribution in [3.63, 3.8) is 0 Å². The van der Waals surface area contributed by atoms with Gasteiger partial charge in [0.25, 0.3) is 0 Å². The smallest absolute Gasteiger partial charge is 0.245 e. The molecule has 0 aromatic carbocycles. The van der Waals surface area contributed by atoms with Gasteiger partial charge >= 0.3 is 0 Å². The topological polar surface area (TPSA) is 49.4 Å². The molecule has 0 saturated carbocycles. The first-order chi connectivity index (χ1) is 9.11. The standard InChI is InChI=1S/C15H28N2O2/c1-4-6-7-8-9-10-11-17-12(3)14(18)16-13(5-2)15(17)19/h12-13H,4-11H2,1-3H3,(H,16,18). The van der Waals surface area contributed by atoms with Crippen LogP contribution >= 0.6 is 0 Å². The molecule has 110 valence electrons. The summed E-state index contributed by atoms with van der Waals surface area (Å²) in [5.74, 6) is 0.0700. The van der Waals surface area contributed by atoms with Crippen molar-refractivity contribution in [3.8, 4) is 0 Å². The number of hydrogen-bond donors (Lipinski definition) is 1. The molecule has 1 N–H and O–H groups in total. The molecule has 1 heterocycles. The fourth-order valence-electron chi connectivity index (χ4n) is 2.53. The van der Waals surface area contributed by atoms with Crippen molar-refractivity contribution in [2.45, 2.75) is 77.8 Å². The number of carbonyl (C=O) groups is 2. The Labute approximate surface area is 116 Å². The fraction of sp³-hybridized carbons (Fsp3) is 0.867. The van der Waals surface area contributed by atoms with E-state index in [1.807, 2.05) is 13.8 Å². The number of nitrogens with zero attached hydrogens (tertiary/aromatic N) is 1. The third-order valence-electron chi connectivity index (χ3n) is 3.91. The largest absolute Gasteiger partial charge is 0.343 e. The van der Waals surface area contributed by atoms with Crippen molar-refractivity contribution in [2.75, 3.05) is 6.54 Å². The van der Waals surface area contributed by atoms with Gasteiger partial charge in [0.05, 0.1) is 0 Å². The van der Waals surface area contributed by atoms with E-state index in [1.54, 1.807) is 4.90 Å². The van der Waals surface area contributed by atoms with E-state index in [9.17, 15) is 9.59 Å². The second-order valence-corrected chi connectivity index (χ2v) is 5.44. The van der Waals surface area contributed by atoms with E-state index in [-0.39, 0.29) is 23.9 Å². The molecule has 1 fully saturated rings.